The smallest absolute Gasteiger partial charge is 0.224 e. The predicted octanol–water partition coefficient (Wildman–Crippen LogP) is 4.38. The van der Waals surface area contributed by atoms with Crippen LogP contribution in [0.4, 0.5) is 11.5 Å². The molecule has 2 aromatic carbocycles. The Hall–Kier alpha value is -3.45. The van der Waals surface area contributed by atoms with Gasteiger partial charge >= 0.3 is 0 Å². The summed E-state index contributed by atoms with van der Waals surface area (Å²) in [6.45, 7) is 3.26. The van der Waals surface area contributed by atoms with Gasteiger partial charge in [0.2, 0.25) is 5.91 Å². The van der Waals surface area contributed by atoms with Crippen molar-refractivity contribution in [3.05, 3.63) is 60.9 Å². The highest BCUT2D eigenvalue weighted by Gasteiger charge is 2.12. The van der Waals surface area contributed by atoms with Crippen LogP contribution in [0.3, 0.4) is 0 Å². The van der Waals surface area contributed by atoms with E-state index in [1.807, 2.05) is 61.5 Å². The number of ether oxygens (including phenoxy) is 1. The summed E-state index contributed by atoms with van der Waals surface area (Å²) in [5.41, 5.74) is 9.48. The number of para-hydroxylation sites is 2. The summed E-state index contributed by atoms with van der Waals surface area (Å²) in [5, 5.41) is 3.94. The number of carbonyl (C=O) groups is 1. The second-order valence-corrected chi connectivity index (χ2v) is 7.64. The summed E-state index contributed by atoms with van der Waals surface area (Å²) in [5.74, 6) is 0.469. The van der Waals surface area contributed by atoms with Crippen molar-refractivity contribution in [1.82, 2.24) is 14.5 Å². The predicted molar refractivity (Wildman–Crippen MR) is 124 cm³/mol. The number of hydrogen-bond acceptors (Lipinski definition) is 5. The molecule has 4 aromatic rings. The van der Waals surface area contributed by atoms with Crippen LogP contribution in [0.25, 0.3) is 21.9 Å². The van der Waals surface area contributed by atoms with Gasteiger partial charge in [-0.25, -0.2) is 9.97 Å². The molecule has 1 unspecified atom stereocenters. The van der Waals surface area contributed by atoms with Crippen molar-refractivity contribution in [2.45, 2.75) is 38.8 Å². The number of fused-ring (bicyclic) bond motifs is 3. The molecule has 1 atom stereocenters. The number of benzene rings is 2. The zero-order valence-corrected chi connectivity index (χ0v) is 17.6. The molecule has 0 aliphatic heterocycles. The Labute approximate surface area is 181 Å². The zero-order chi connectivity index (χ0) is 21.6. The Morgan fingerprint density at radius 3 is 2.77 bits per heavy atom. The highest BCUT2D eigenvalue weighted by molar-refractivity contribution is 6.06. The van der Waals surface area contributed by atoms with Crippen molar-refractivity contribution in [1.29, 1.82) is 0 Å². The molecule has 0 bridgehead atoms. The lowest BCUT2D eigenvalue weighted by Crippen LogP contribution is -2.15. The Balaban J connectivity index is 1.27. The number of anilines is 2. The Morgan fingerprint density at radius 2 is 1.94 bits per heavy atom. The Kier molecular flexibility index (Phi) is 6.43. The number of nitrogen functional groups attached to an aromatic ring is 1. The minimum atomic E-state index is 0.0290. The molecule has 1 amide bonds. The van der Waals surface area contributed by atoms with Crippen LogP contribution in [0.1, 0.15) is 26.2 Å². The monoisotopic (exact) mass is 417 g/mol. The third-order valence-electron chi connectivity index (χ3n) is 5.29. The Morgan fingerprint density at radius 1 is 1.16 bits per heavy atom. The lowest BCUT2D eigenvalue weighted by Gasteiger charge is -2.14. The van der Waals surface area contributed by atoms with Gasteiger partial charge in [0, 0.05) is 24.0 Å². The first kappa shape index (κ1) is 20.8. The number of aromatic nitrogens is 3. The number of nitrogens with zero attached hydrogens (tertiary/aromatic N) is 3. The molecule has 7 nitrogen and oxygen atoms in total. The van der Waals surface area contributed by atoms with Crippen LogP contribution in [-0.4, -0.2) is 33.2 Å². The summed E-state index contributed by atoms with van der Waals surface area (Å²) >= 11 is 0. The highest BCUT2D eigenvalue weighted by Crippen LogP contribution is 2.26. The number of amides is 1. The quantitative estimate of drug-likeness (QED) is 0.421. The fraction of sp³-hybridized carbons (Fsp3) is 0.292. The van der Waals surface area contributed by atoms with Crippen LogP contribution >= 0.6 is 0 Å². The molecule has 160 valence electrons. The minimum absolute atomic E-state index is 0.0290. The molecule has 4 rings (SSSR count). The summed E-state index contributed by atoms with van der Waals surface area (Å²) in [7, 11) is 0. The molecule has 0 aliphatic rings. The standard InChI is InChI=1S/C24H27N5O2/c1-17(8-7-13-21(30)27-18-9-3-2-4-10-18)31-15-14-29-16-26-22-23(29)19-11-5-6-12-20(19)28-24(22)25/h2-6,9-12,16-17H,7-8,13-15H2,1H3,(H2,25,28)(H,27,30). The molecule has 0 spiro atoms. The molecule has 2 aromatic heterocycles. The van der Waals surface area contributed by atoms with Crippen LogP contribution in [0.2, 0.25) is 0 Å². The lowest BCUT2D eigenvalue weighted by molar-refractivity contribution is -0.116. The number of nitrogens with one attached hydrogen (secondary N) is 1. The van der Waals surface area contributed by atoms with Gasteiger partial charge in [-0.3, -0.25) is 4.79 Å². The first-order valence-corrected chi connectivity index (χ1v) is 10.6. The molecule has 0 saturated carbocycles. The van der Waals surface area contributed by atoms with Crippen molar-refractivity contribution in [2.75, 3.05) is 17.7 Å². The van der Waals surface area contributed by atoms with Crippen LogP contribution in [0, 0.1) is 0 Å². The normalized spacial score (nSPS) is 12.3. The fourth-order valence-electron chi connectivity index (χ4n) is 3.71. The van der Waals surface area contributed by atoms with Crippen LogP contribution in [-0.2, 0) is 16.1 Å². The fourth-order valence-corrected chi connectivity index (χ4v) is 3.71. The number of rotatable bonds is 9. The molecule has 0 fully saturated rings. The van der Waals surface area contributed by atoms with Crippen molar-refractivity contribution in [3.8, 4) is 0 Å². The third-order valence-corrected chi connectivity index (χ3v) is 5.29. The minimum Gasteiger partial charge on any atom is -0.382 e. The van der Waals surface area contributed by atoms with E-state index in [2.05, 4.69) is 19.9 Å². The summed E-state index contributed by atoms with van der Waals surface area (Å²) in [6.07, 6.45) is 3.94. The van der Waals surface area contributed by atoms with Gasteiger partial charge in [-0.1, -0.05) is 36.4 Å². The van der Waals surface area contributed by atoms with Gasteiger partial charge in [0.15, 0.2) is 5.82 Å². The molecular formula is C24H27N5O2. The molecule has 31 heavy (non-hydrogen) atoms. The van der Waals surface area contributed by atoms with Gasteiger partial charge < -0.3 is 20.4 Å². The first-order chi connectivity index (χ1) is 15.1. The summed E-state index contributed by atoms with van der Waals surface area (Å²) in [6, 6.07) is 17.4. The Bertz CT molecular complexity index is 1170. The van der Waals surface area contributed by atoms with E-state index >= 15 is 0 Å². The van der Waals surface area contributed by atoms with Crippen molar-refractivity contribution in [2.24, 2.45) is 0 Å². The molecule has 0 radical (unpaired) electrons. The van der Waals surface area contributed by atoms with Gasteiger partial charge in [0.05, 0.1) is 30.1 Å². The molecule has 2 heterocycles. The SMILES string of the molecule is CC(CCCC(=O)Nc1ccccc1)OCCn1cnc2c(N)nc3ccccc3c21. The largest absolute Gasteiger partial charge is 0.382 e. The van der Waals surface area contributed by atoms with E-state index in [0.717, 1.165) is 40.5 Å². The van der Waals surface area contributed by atoms with E-state index in [4.69, 9.17) is 10.5 Å². The highest BCUT2D eigenvalue weighted by atomic mass is 16.5. The van der Waals surface area contributed by atoms with Crippen LogP contribution in [0.5, 0.6) is 0 Å². The number of nitrogens with two attached hydrogens (primary N) is 1. The maximum Gasteiger partial charge on any atom is 0.224 e. The van der Waals surface area contributed by atoms with Crippen LogP contribution in [0.15, 0.2) is 60.9 Å². The number of pyridine rings is 1. The number of hydrogen-bond donors (Lipinski definition) is 2. The second-order valence-electron chi connectivity index (χ2n) is 7.64. The van der Waals surface area contributed by atoms with E-state index in [-0.39, 0.29) is 12.0 Å². The van der Waals surface area contributed by atoms with Crippen molar-refractivity contribution >= 4 is 39.3 Å². The topological polar surface area (TPSA) is 95.1 Å². The van der Waals surface area contributed by atoms with Gasteiger partial charge in [0.25, 0.3) is 0 Å². The van der Waals surface area contributed by atoms with Gasteiger partial charge in [-0.2, -0.15) is 0 Å². The van der Waals surface area contributed by atoms with Gasteiger partial charge in [-0.15, -0.1) is 0 Å². The second kappa shape index (κ2) is 9.57. The van der Waals surface area contributed by atoms with Crippen molar-refractivity contribution in [3.63, 3.8) is 0 Å². The summed E-state index contributed by atoms with van der Waals surface area (Å²) in [4.78, 5) is 20.9. The van der Waals surface area contributed by atoms with E-state index < -0.39 is 0 Å². The number of carbonyl (C=O) groups excluding carboxylic acids is 1. The van der Waals surface area contributed by atoms with E-state index in [1.54, 1.807) is 6.33 Å². The van der Waals surface area contributed by atoms with E-state index in [1.165, 1.54) is 0 Å². The molecule has 3 N–H and O–H groups in total. The third kappa shape index (κ3) is 5.00. The van der Waals surface area contributed by atoms with E-state index in [0.29, 0.717) is 25.4 Å². The molecule has 0 saturated heterocycles. The maximum absolute atomic E-state index is 12.0. The van der Waals surface area contributed by atoms with Gasteiger partial charge in [-0.05, 0) is 38.0 Å². The van der Waals surface area contributed by atoms with Crippen LogP contribution < -0.4 is 11.1 Å². The molecular weight excluding hydrogens is 390 g/mol. The van der Waals surface area contributed by atoms with Gasteiger partial charge in [0.1, 0.15) is 5.52 Å². The average Bonchev–Trinajstić information content (AvgIpc) is 3.19. The molecule has 0 aliphatic carbocycles. The summed E-state index contributed by atoms with van der Waals surface area (Å²) < 4.78 is 8.04. The average molecular weight is 418 g/mol. The van der Waals surface area contributed by atoms with E-state index in [9.17, 15) is 4.79 Å². The van der Waals surface area contributed by atoms with Crippen molar-refractivity contribution < 1.29 is 9.53 Å². The number of imidazole rings is 1. The lowest BCUT2D eigenvalue weighted by atomic mass is 10.1. The zero-order valence-electron chi connectivity index (χ0n) is 17.6. The molecule has 7 heteroatoms. The maximum atomic E-state index is 12.0. The first-order valence-electron chi connectivity index (χ1n) is 10.6.